The van der Waals surface area contributed by atoms with E-state index in [1.165, 1.54) is 6.07 Å². The van der Waals surface area contributed by atoms with Crippen molar-refractivity contribution < 1.29 is 4.39 Å². The summed E-state index contributed by atoms with van der Waals surface area (Å²) in [5.41, 5.74) is 4.21. The Morgan fingerprint density at radius 1 is 1.26 bits per heavy atom. The Balaban J connectivity index is 2.28. The van der Waals surface area contributed by atoms with Crippen LogP contribution in [0.3, 0.4) is 0 Å². The van der Waals surface area contributed by atoms with E-state index >= 15 is 0 Å². The number of benzene rings is 2. The second kappa shape index (κ2) is 6.48. The lowest BCUT2D eigenvalue weighted by Crippen LogP contribution is -2.30. The van der Waals surface area contributed by atoms with Gasteiger partial charge in [0.05, 0.1) is 6.04 Å². The first-order valence-electron chi connectivity index (χ1n) is 5.76. The van der Waals surface area contributed by atoms with E-state index in [0.717, 1.165) is 10.0 Å². The number of hydrogen-bond acceptors (Lipinski definition) is 2. The van der Waals surface area contributed by atoms with Gasteiger partial charge < -0.3 is 0 Å². The number of hydrazine groups is 1. The van der Waals surface area contributed by atoms with E-state index in [9.17, 15) is 4.39 Å². The maximum atomic E-state index is 13.9. The Bertz CT molecular complexity index is 577. The summed E-state index contributed by atoms with van der Waals surface area (Å²) in [7, 11) is 0. The minimum atomic E-state index is -0.359. The van der Waals surface area contributed by atoms with Crippen molar-refractivity contribution in [3.63, 3.8) is 0 Å². The molecular formula is C14H13BrClFN2. The molecule has 0 bridgehead atoms. The highest BCUT2D eigenvalue weighted by molar-refractivity contribution is 9.10. The van der Waals surface area contributed by atoms with Crippen molar-refractivity contribution in [2.24, 2.45) is 5.84 Å². The molecule has 1 atom stereocenters. The average Bonchev–Trinajstić information content (AvgIpc) is 2.39. The predicted molar refractivity (Wildman–Crippen MR) is 79.3 cm³/mol. The normalized spacial score (nSPS) is 12.4. The molecule has 0 aliphatic heterocycles. The molecule has 1 unspecified atom stereocenters. The highest BCUT2D eigenvalue weighted by Gasteiger charge is 2.16. The van der Waals surface area contributed by atoms with Crippen LogP contribution in [0.1, 0.15) is 17.2 Å². The summed E-state index contributed by atoms with van der Waals surface area (Å²) in [6, 6.07) is 12.1. The molecule has 0 radical (unpaired) electrons. The SMILES string of the molecule is NNC(Cc1ccccc1Br)c1ccc(Cl)cc1F. The molecule has 19 heavy (non-hydrogen) atoms. The molecule has 2 nitrogen and oxygen atoms in total. The van der Waals surface area contributed by atoms with Crippen LogP contribution in [0.25, 0.3) is 0 Å². The third-order valence-electron chi connectivity index (χ3n) is 2.92. The molecule has 0 saturated carbocycles. The van der Waals surface area contributed by atoms with Crippen LogP contribution in [0.5, 0.6) is 0 Å². The van der Waals surface area contributed by atoms with E-state index in [0.29, 0.717) is 17.0 Å². The van der Waals surface area contributed by atoms with E-state index in [4.69, 9.17) is 17.4 Å². The Labute approximate surface area is 124 Å². The minimum Gasteiger partial charge on any atom is -0.271 e. The van der Waals surface area contributed by atoms with Crippen LogP contribution in [-0.2, 0) is 6.42 Å². The van der Waals surface area contributed by atoms with Crippen molar-refractivity contribution in [1.29, 1.82) is 0 Å². The molecule has 2 rings (SSSR count). The van der Waals surface area contributed by atoms with E-state index < -0.39 is 0 Å². The topological polar surface area (TPSA) is 38.0 Å². The van der Waals surface area contributed by atoms with E-state index in [1.807, 2.05) is 24.3 Å². The molecular weight excluding hydrogens is 331 g/mol. The van der Waals surface area contributed by atoms with Gasteiger partial charge in [-0.3, -0.25) is 11.3 Å². The fraction of sp³-hybridized carbons (Fsp3) is 0.143. The van der Waals surface area contributed by atoms with Gasteiger partial charge in [-0.1, -0.05) is 51.8 Å². The maximum Gasteiger partial charge on any atom is 0.129 e. The number of rotatable bonds is 4. The first-order chi connectivity index (χ1) is 9.11. The highest BCUT2D eigenvalue weighted by Crippen LogP contribution is 2.26. The Morgan fingerprint density at radius 2 is 2.00 bits per heavy atom. The highest BCUT2D eigenvalue weighted by atomic mass is 79.9. The van der Waals surface area contributed by atoms with Crippen molar-refractivity contribution in [3.05, 3.63) is 68.9 Å². The third-order valence-corrected chi connectivity index (χ3v) is 3.93. The lowest BCUT2D eigenvalue weighted by Gasteiger charge is -2.18. The summed E-state index contributed by atoms with van der Waals surface area (Å²) in [5, 5.41) is 0.373. The summed E-state index contributed by atoms with van der Waals surface area (Å²) in [6.07, 6.45) is 0.580. The largest absolute Gasteiger partial charge is 0.271 e. The average molecular weight is 344 g/mol. The zero-order chi connectivity index (χ0) is 13.8. The van der Waals surface area contributed by atoms with Crippen molar-refractivity contribution in [2.75, 3.05) is 0 Å². The third kappa shape index (κ3) is 3.54. The van der Waals surface area contributed by atoms with Gasteiger partial charge in [0.1, 0.15) is 5.82 Å². The second-order valence-corrected chi connectivity index (χ2v) is 5.47. The van der Waals surface area contributed by atoms with E-state index in [-0.39, 0.29) is 11.9 Å². The van der Waals surface area contributed by atoms with Gasteiger partial charge in [0.15, 0.2) is 0 Å². The van der Waals surface area contributed by atoms with Crippen molar-refractivity contribution >= 4 is 27.5 Å². The van der Waals surface area contributed by atoms with Gasteiger partial charge in [-0.15, -0.1) is 0 Å². The molecule has 2 aromatic carbocycles. The first-order valence-corrected chi connectivity index (χ1v) is 6.93. The summed E-state index contributed by atoms with van der Waals surface area (Å²) in [5.74, 6) is 5.19. The Morgan fingerprint density at radius 3 is 2.63 bits per heavy atom. The zero-order valence-electron chi connectivity index (χ0n) is 10.0. The van der Waals surface area contributed by atoms with Gasteiger partial charge >= 0.3 is 0 Å². The standard InChI is InChI=1S/C14H13BrClFN2/c15-12-4-2-1-3-9(12)7-14(19-18)11-6-5-10(16)8-13(11)17/h1-6,8,14,19H,7,18H2. The number of nitrogens with two attached hydrogens (primary N) is 1. The molecule has 2 aromatic rings. The van der Waals surface area contributed by atoms with Crippen LogP contribution in [0.15, 0.2) is 46.9 Å². The summed E-state index contributed by atoms with van der Waals surface area (Å²) < 4.78 is 14.9. The van der Waals surface area contributed by atoms with Gasteiger partial charge in [0.25, 0.3) is 0 Å². The van der Waals surface area contributed by atoms with Gasteiger partial charge in [-0.05, 0) is 30.2 Å². The summed E-state index contributed by atoms with van der Waals surface area (Å²) in [4.78, 5) is 0. The molecule has 0 aliphatic carbocycles. The number of halogens is 3. The quantitative estimate of drug-likeness (QED) is 0.651. The van der Waals surface area contributed by atoms with Crippen LogP contribution < -0.4 is 11.3 Å². The van der Waals surface area contributed by atoms with Gasteiger partial charge in [0.2, 0.25) is 0 Å². The molecule has 0 amide bonds. The molecule has 3 N–H and O–H groups in total. The molecule has 0 fully saturated rings. The fourth-order valence-electron chi connectivity index (χ4n) is 1.93. The maximum absolute atomic E-state index is 13.9. The molecule has 5 heteroatoms. The molecule has 0 saturated heterocycles. The monoisotopic (exact) mass is 342 g/mol. The van der Waals surface area contributed by atoms with Gasteiger partial charge in [0, 0.05) is 15.1 Å². The lowest BCUT2D eigenvalue weighted by atomic mass is 9.99. The minimum absolute atomic E-state index is 0.309. The fourth-order valence-corrected chi connectivity index (χ4v) is 2.53. The van der Waals surface area contributed by atoms with Crippen molar-refractivity contribution in [1.82, 2.24) is 5.43 Å². The molecule has 0 spiro atoms. The van der Waals surface area contributed by atoms with Crippen LogP contribution in [0, 0.1) is 5.82 Å². The molecule has 0 heterocycles. The van der Waals surface area contributed by atoms with Crippen LogP contribution >= 0.6 is 27.5 Å². The van der Waals surface area contributed by atoms with Crippen molar-refractivity contribution in [3.8, 4) is 0 Å². The first kappa shape index (κ1) is 14.5. The lowest BCUT2D eigenvalue weighted by molar-refractivity contribution is 0.510. The molecule has 0 aliphatic rings. The Kier molecular flexibility index (Phi) is 4.93. The number of nitrogens with one attached hydrogen (secondary N) is 1. The molecule has 0 aromatic heterocycles. The Hall–Kier alpha value is -0.940. The summed E-state index contributed by atoms with van der Waals surface area (Å²) in [6.45, 7) is 0. The predicted octanol–water partition coefficient (Wildman–Crippen LogP) is 3.99. The van der Waals surface area contributed by atoms with Gasteiger partial charge in [-0.25, -0.2) is 4.39 Å². The van der Waals surface area contributed by atoms with Crippen LogP contribution in [-0.4, -0.2) is 0 Å². The van der Waals surface area contributed by atoms with Crippen LogP contribution in [0.4, 0.5) is 4.39 Å². The molecule has 100 valence electrons. The van der Waals surface area contributed by atoms with E-state index in [1.54, 1.807) is 12.1 Å². The summed E-state index contributed by atoms with van der Waals surface area (Å²) >= 11 is 9.22. The van der Waals surface area contributed by atoms with Crippen molar-refractivity contribution in [2.45, 2.75) is 12.5 Å². The second-order valence-electron chi connectivity index (χ2n) is 4.18. The van der Waals surface area contributed by atoms with E-state index in [2.05, 4.69) is 21.4 Å². The van der Waals surface area contributed by atoms with Crippen LogP contribution in [0.2, 0.25) is 5.02 Å². The smallest absolute Gasteiger partial charge is 0.129 e. The number of hydrogen-bond donors (Lipinski definition) is 2. The zero-order valence-corrected chi connectivity index (χ0v) is 12.4. The van der Waals surface area contributed by atoms with Gasteiger partial charge in [-0.2, -0.15) is 0 Å².